The summed E-state index contributed by atoms with van der Waals surface area (Å²) in [6, 6.07) is 13.6. The zero-order chi connectivity index (χ0) is 17.6. The van der Waals surface area contributed by atoms with Gasteiger partial charge in [0.25, 0.3) is 0 Å². The molecular weight excluding hydrogens is 323 g/mol. The minimum absolute atomic E-state index is 0.0338. The molecule has 1 aliphatic heterocycles. The Bertz CT molecular complexity index is 754. The van der Waals surface area contributed by atoms with Crippen LogP contribution in [0.4, 0.5) is 4.39 Å². The van der Waals surface area contributed by atoms with Crippen LogP contribution in [-0.4, -0.2) is 31.0 Å². The van der Waals surface area contributed by atoms with Crippen LogP contribution in [0.25, 0.3) is 0 Å². The second-order valence-corrected chi connectivity index (χ2v) is 5.94. The second kappa shape index (κ2) is 7.79. The highest BCUT2D eigenvalue weighted by Gasteiger charge is 2.22. The van der Waals surface area contributed by atoms with Gasteiger partial charge >= 0.3 is 0 Å². The first kappa shape index (κ1) is 17.0. The van der Waals surface area contributed by atoms with E-state index in [0.717, 1.165) is 17.7 Å². The molecule has 1 atom stereocenters. The molecule has 3 rings (SSSR count). The minimum atomic E-state index is -0.388. The van der Waals surface area contributed by atoms with Crippen LogP contribution >= 0.6 is 0 Å². The van der Waals surface area contributed by atoms with Gasteiger partial charge in [0.15, 0.2) is 0 Å². The summed E-state index contributed by atoms with van der Waals surface area (Å²) >= 11 is 0. The lowest BCUT2D eigenvalue weighted by molar-refractivity contribution is -0.125. The predicted octanol–water partition coefficient (Wildman–Crippen LogP) is 1.60. The summed E-state index contributed by atoms with van der Waals surface area (Å²) in [6.45, 7) is 0.265. The Morgan fingerprint density at radius 3 is 2.72 bits per heavy atom. The Morgan fingerprint density at radius 2 is 1.92 bits per heavy atom. The maximum absolute atomic E-state index is 13.1. The summed E-state index contributed by atoms with van der Waals surface area (Å²) in [7, 11) is 0. The molecule has 0 saturated carbocycles. The van der Waals surface area contributed by atoms with Gasteiger partial charge in [-0.25, -0.2) is 4.39 Å². The van der Waals surface area contributed by atoms with Crippen molar-refractivity contribution in [3.05, 3.63) is 65.5 Å². The molecule has 2 amide bonds. The van der Waals surface area contributed by atoms with Crippen LogP contribution in [-0.2, 0) is 22.4 Å². The number of carbonyl (C=O) groups excluding carboxylic acids is 2. The van der Waals surface area contributed by atoms with E-state index in [-0.39, 0.29) is 36.7 Å². The summed E-state index contributed by atoms with van der Waals surface area (Å²) in [5.41, 5.74) is 1.69. The summed E-state index contributed by atoms with van der Waals surface area (Å²) < 4.78 is 18.8. The van der Waals surface area contributed by atoms with Gasteiger partial charge in [-0.1, -0.05) is 30.3 Å². The maximum atomic E-state index is 13.1. The fourth-order valence-electron chi connectivity index (χ4n) is 2.73. The van der Waals surface area contributed by atoms with Crippen molar-refractivity contribution in [3.63, 3.8) is 0 Å². The van der Waals surface area contributed by atoms with Crippen LogP contribution in [0.2, 0.25) is 0 Å². The van der Waals surface area contributed by atoms with Gasteiger partial charge in [0.05, 0.1) is 19.5 Å². The molecule has 0 radical (unpaired) electrons. The number of fused-ring (bicyclic) bond motifs is 1. The van der Waals surface area contributed by atoms with Crippen molar-refractivity contribution in [2.75, 3.05) is 13.1 Å². The molecule has 25 heavy (non-hydrogen) atoms. The molecule has 0 fully saturated rings. The van der Waals surface area contributed by atoms with Crippen LogP contribution in [0.3, 0.4) is 0 Å². The van der Waals surface area contributed by atoms with Crippen molar-refractivity contribution in [1.29, 1.82) is 0 Å². The molecule has 0 aromatic heterocycles. The number of ether oxygens (including phenoxy) is 1. The fourth-order valence-corrected chi connectivity index (χ4v) is 2.73. The highest BCUT2D eigenvalue weighted by atomic mass is 19.1. The lowest BCUT2D eigenvalue weighted by Crippen LogP contribution is -2.41. The van der Waals surface area contributed by atoms with Crippen molar-refractivity contribution in [2.45, 2.75) is 18.9 Å². The van der Waals surface area contributed by atoms with E-state index in [4.69, 9.17) is 4.74 Å². The average molecular weight is 342 g/mol. The smallest absolute Gasteiger partial charge is 0.239 e. The summed E-state index contributed by atoms with van der Waals surface area (Å²) in [6.07, 6.45) is 0.693. The molecule has 6 heteroatoms. The molecule has 2 N–H and O–H groups in total. The van der Waals surface area contributed by atoms with Crippen molar-refractivity contribution in [1.82, 2.24) is 10.6 Å². The number of hydrogen-bond donors (Lipinski definition) is 2. The Kier molecular flexibility index (Phi) is 5.28. The van der Waals surface area contributed by atoms with Gasteiger partial charge in [0.1, 0.15) is 17.7 Å². The van der Waals surface area contributed by atoms with E-state index in [1.54, 1.807) is 12.1 Å². The van der Waals surface area contributed by atoms with E-state index in [1.165, 1.54) is 12.1 Å². The molecule has 0 aliphatic carbocycles. The topological polar surface area (TPSA) is 67.4 Å². The highest BCUT2D eigenvalue weighted by molar-refractivity contribution is 5.85. The van der Waals surface area contributed by atoms with E-state index >= 15 is 0 Å². The van der Waals surface area contributed by atoms with Crippen molar-refractivity contribution in [2.24, 2.45) is 0 Å². The summed E-state index contributed by atoms with van der Waals surface area (Å²) in [5, 5.41) is 5.28. The number of halogens is 1. The molecule has 2 aromatic rings. The van der Waals surface area contributed by atoms with E-state index in [1.807, 2.05) is 24.3 Å². The monoisotopic (exact) mass is 342 g/mol. The number of hydrogen-bond acceptors (Lipinski definition) is 3. The zero-order valence-electron chi connectivity index (χ0n) is 13.6. The Morgan fingerprint density at radius 1 is 1.08 bits per heavy atom. The van der Waals surface area contributed by atoms with Gasteiger partial charge in [-0.15, -0.1) is 0 Å². The van der Waals surface area contributed by atoms with Gasteiger partial charge in [-0.3, -0.25) is 9.59 Å². The van der Waals surface area contributed by atoms with Crippen LogP contribution < -0.4 is 15.4 Å². The molecule has 1 heterocycles. The lowest BCUT2D eigenvalue weighted by atomic mass is 10.1. The number of carbonyl (C=O) groups is 2. The van der Waals surface area contributed by atoms with E-state index < -0.39 is 0 Å². The minimum Gasteiger partial charge on any atom is -0.488 e. The molecule has 0 spiro atoms. The molecular formula is C19H19FN2O3. The molecule has 130 valence electrons. The van der Waals surface area contributed by atoms with Crippen molar-refractivity contribution >= 4 is 11.8 Å². The predicted molar refractivity (Wildman–Crippen MR) is 90.7 cm³/mol. The van der Waals surface area contributed by atoms with E-state index in [9.17, 15) is 14.0 Å². The molecule has 2 aromatic carbocycles. The molecule has 0 bridgehead atoms. The number of amides is 2. The maximum Gasteiger partial charge on any atom is 0.239 e. The first-order chi connectivity index (χ1) is 12.1. The molecule has 1 aliphatic rings. The third-order valence-electron chi connectivity index (χ3n) is 3.94. The zero-order valence-corrected chi connectivity index (χ0v) is 13.6. The number of nitrogens with one attached hydrogen (secondary N) is 2. The second-order valence-electron chi connectivity index (χ2n) is 5.94. The first-order valence-corrected chi connectivity index (χ1v) is 8.12. The molecule has 0 saturated heterocycles. The van der Waals surface area contributed by atoms with E-state index in [0.29, 0.717) is 12.1 Å². The fraction of sp³-hybridized carbons (Fsp3) is 0.263. The quantitative estimate of drug-likeness (QED) is 0.838. The summed E-state index contributed by atoms with van der Waals surface area (Å²) in [5.74, 6) is -0.150. The first-order valence-electron chi connectivity index (χ1n) is 8.12. The van der Waals surface area contributed by atoms with Gasteiger partial charge < -0.3 is 15.4 Å². The number of para-hydroxylation sites is 1. The van der Waals surface area contributed by atoms with E-state index in [2.05, 4.69) is 10.6 Å². The summed E-state index contributed by atoms with van der Waals surface area (Å²) in [4.78, 5) is 23.6. The van der Waals surface area contributed by atoms with Gasteiger partial charge in [-0.05, 0) is 29.3 Å². The normalized spacial score (nSPS) is 15.2. The van der Waals surface area contributed by atoms with Crippen LogP contribution in [0.15, 0.2) is 48.5 Å². The Labute approximate surface area is 145 Å². The molecule has 0 unspecified atom stereocenters. The third-order valence-corrected chi connectivity index (χ3v) is 3.94. The van der Waals surface area contributed by atoms with Crippen LogP contribution in [0, 0.1) is 5.82 Å². The number of benzene rings is 2. The van der Waals surface area contributed by atoms with Crippen LogP contribution in [0.1, 0.15) is 11.1 Å². The van der Waals surface area contributed by atoms with Crippen LogP contribution in [0.5, 0.6) is 5.75 Å². The van der Waals surface area contributed by atoms with Gasteiger partial charge in [0.2, 0.25) is 11.8 Å². The standard InChI is InChI=1S/C19H19FN2O3/c20-15-6-3-4-13(8-15)9-18(23)22-12-19(24)21-11-16-10-14-5-1-2-7-17(14)25-16/h1-8,16H,9-12H2,(H,21,24)(H,22,23)/t16-/m0/s1. The van der Waals surface area contributed by atoms with Crippen molar-refractivity contribution in [3.8, 4) is 5.75 Å². The average Bonchev–Trinajstić information content (AvgIpc) is 3.01. The van der Waals surface area contributed by atoms with Crippen molar-refractivity contribution < 1.29 is 18.7 Å². The van der Waals surface area contributed by atoms with Gasteiger partial charge in [-0.2, -0.15) is 0 Å². The lowest BCUT2D eigenvalue weighted by Gasteiger charge is -2.12. The SMILES string of the molecule is O=C(CNC(=O)Cc1cccc(F)c1)NC[C@@H]1Cc2ccccc2O1. The largest absolute Gasteiger partial charge is 0.488 e. The molecule has 5 nitrogen and oxygen atoms in total. The highest BCUT2D eigenvalue weighted by Crippen LogP contribution is 2.27. The third kappa shape index (κ3) is 4.79. The Hall–Kier alpha value is -2.89. The Balaban J connectivity index is 1.36. The number of rotatable bonds is 6. The van der Waals surface area contributed by atoms with Gasteiger partial charge in [0, 0.05) is 6.42 Å².